The predicted octanol–water partition coefficient (Wildman–Crippen LogP) is 4.99. The number of carbonyl (C=O) groups is 3. The van der Waals surface area contributed by atoms with Crippen LogP contribution in [0.2, 0.25) is 0 Å². The Labute approximate surface area is 203 Å². The molecular formula is C26H42O8. The number of allylic oxidation sites excluding steroid dienone is 1. The van der Waals surface area contributed by atoms with E-state index in [1.165, 1.54) is 65.2 Å². The van der Waals surface area contributed by atoms with Gasteiger partial charge >= 0.3 is 23.9 Å². The molecule has 0 aliphatic heterocycles. The van der Waals surface area contributed by atoms with Crippen LogP contribution in [0.5, 0.6) is 0 Å². The van der Waals surface area contributed by atoms with Crippen LogP contribution in [0.1, 0.15) is 98.3 Å². The molecule has 0 bridgehead atoms. The standard InChI is InChI=1S/C26H42O8/c1-6-7-8-9-10-11-12-13-14-15-16-17-21(4)24(29)32-18-22(5)25(30)34-26(31,19-27)33-23(28)20(2)3/h17-18,27,31H,2,6-16,19H2,1,3-5H3/b21-17+,22-18+. The molecule has 34 heavy (non-hydrogen) atoms. The first-order chi connectivity index (χ1) is 16.1. The summed E-state index contributed by atoms with van der Waals surface area (Å²) < 4.78 is 14.1. The maximum atomic E-state index is 12.1. The Kier molecular flexibility index (Phi) is 16.7. The van der Waals surface area contributed by atoms with Gasteiger partial charge in [-0.3, -0.25) is 0 Å². The number of ether oxygens (including phenoxy) is 3. The fraction of sp³-hybridized carbons (Fsp3) is 0.654. The van der Waals surface area contributed by atoms with Gasteiger partial charge in [0.15, 0.2) is 0 Å². The largest absolute Gasteiger partial charge is 0.431 e. The van der Waals surface area contributed by atoms with Crippen LogP contribution in [0, 0.1) is 0 Å². The molecule has 1 atom stereocenters. The summed E-state index contributed by atoms with van der Waals surface area (Å²) in [4.78, 5) is 35.6. The SMILES string of the molecule is C=C(C)C(=O)OC(O)(CO)OC(=O)/C(C)=C/OC(=O)/C(C)=C/CCCCCCCCCCCC. The summed E-state index contributed by atoms with van der Waals surface area (Å²) in [5, 5.41) is 19.1. The number of hydrogen-bond donors (Lipinski definition) is 2. The third-order valence-electron chi connectivity index (χ3n) is 5.05. The number of hydrogen-bond acceptors (Lipinski definition) is 8. The third kappa shape index (κ3) is 14.6. The second-order valence-electron chi connectivity index (χ2n) is 8.49. The van der Waals surface area contributed by atoms with E-state index in [1.807, 2.05) is 0 Å². The molecule has 0 radical (unpaired) electrons. The van der Waals surface area contributed by atoms with E-state index in [0.29, 0.717) is 5.57 Å². The second-order valence-corrected chi connectivity index (χ2v) is 8.49. The molecule has 0 aliphatic carbocycles. The molecule has 0 heterocycles. The van der Waals surface area contributed by atoms with Crippen LogP contribution in [0.25, 0.3) is 0 Å². The van der Waals surface area contributed by atoms with Crippen molar-refractivity contribution in [1.82, 2.24) is 0 Å². The highest BCUT2D eigenvalue weighted by molar-refractivity contribution is 5.91. The molecule has 0 rings (SSSR count). The topological polar surface area (TPSA) is 119 Å². The van der Waals surface area contributed by atoms with Crippen molar-refractivity contribution in [3.8, 4) is 0 Å². The van der Waals surface area contributed by atoms with E-state index in [2.05, 4.69) is 23.0 Å². The van der Waals surface area contributed by atoms with Gasteiger partial charge in [-0.05, 0) is 33.6 Å². The minimum atomic E-state index is -2.88. The molecular weight excluding hydrogens is 440 g/mol. The summed E-state index contributed by atoms with van der Waals surface area (Å²) in [5.41, 5.74) is 0.161. The lowest BCUT2D eigenvalue weighted by molar-refractivity contribution is -0.334. The van der Waals surface area contributed by atoms with Crippen molar-refractivity contribution in [1.29, 1.82) is 0 Å². The molecule has 194 valence electrons. The van der Waals surface area contributed by atoms with Crippen molar-refractivity contribution in [2.24, 2.45) is 0 Å². The van der Waals surface area contributed by atoms with Gasteiger partial charge in [-0.25, -0.2) is 14.4 Å². The Morgan fingerprint density at radius 3 is 1.79 bits per heavy atom. The average molecular weight is 483 g/mol. The highest BCUT2D eigenvalue weighted by Crippen LogP contribution is 2.15. The van der Waals surface area contributed by atoms with Crippen molar-refractivity contribution in [3.63, 3.8) is 0 Å². The van der Waals surface area contributed by atoms with Crippen LogP contribution in [-0.4, -0.2) is 40.7 Å². The minimum absolute atomic E-state index is 0.0656. The van der Waals surface area contributed by atoms with Gasteiger partial charge in [0.05, 0.1) is 5.57 Å². The monoisotopic (exact) mass is 482 g/mol. The normalized spacial score (nSPS) is 13.7. The summed E-state index contributed by atoms with van der Waals surface area (Å²) in [6.45, 7) is 8.58. The zero-order valence-corrected chi connectivity index (χ0v) is 21.2. The number of unbranched alkanes of at least 4 members (excludes halogenated alkanes) is 10. The van der Waals surface area contributed by atoms with Gasteiger partial charge in [-0.2, -0.15) is 0 Å². The van der Waals surface area contributed by atoms with Gasteiger partial charge in [0.2, 0.25) is 0 Å². The van der Waals surface area contributed by atoms with Gasteiger partial charge in [0.25, 0.3) is 0 Å². The number of esters is 3. The van der Waals surface area contributed by atoms with E-state index in [-0.39, 0.29) is 11.1 Å². The van der Waals surface area contributed by atoms with Gasteiger partial charge in [0, 0.05) is 11.1 Å². The molecule has 8 heteroatoms. The number of rotatable bonds is 18. The molecule has 0 aliphatic rings. The molecule has 0 aromatic heterocycles. The Morgan fingerprint density at radius 1 is 0.794 bits per heavy atom. The summed E-state index contributed by atoms with van der Waals surface area (Å²) in [7, 11) is 0. The quantitative estimate of drug-likeness (QED) is 0.0922. The van der Waals surface area contributed by atoms with Crippen molar-refractivity contribution < 1.29 is 38.8 Å². The summed E-state index contributed by atoms with van der Waals surface area (Å²) in [5.74, 6) is -5.70. The first-order valence-electron chi connectivity index (χ1n) is 12.1. The van der Waals surface area contributed by atoms with Crippen LogP contribution in [0.15, 0.2) is 35.6 Å². The minimum Gasteiger partial charge on any atom is -0.431 e. The first kappa shape index (κ1) is 31.6. The summed E-state index contributed by atoms with van der Waals surface area (Å²) in [6.07, 6.45) is 15.8. The molecule has 2 N–H and O–H groups in total. The lowest BCUT2D eigenvalue weighted by Gasteiger charge is -2.24. The zero-order valence-electron chi connectivity index (χ0n) is 21.2. The van der Waals surface area contributed by atoms with Crippen LogP contribution in [0.3, 0.4) is 0 Å². The van der Waals surface area contributed by atoms with Crippen LogP contribution in [0.4, 0.5) is 0 Å². The van der Waals surface area contributed by atoms with Gasteiger partial charge in [-0.15, -0.1) is 0 Å². The fourth-order valence-electron chi connectivity index (χ4n) is 2.86. The second kappa shape index (κ2) is 18.0. The van der Waals surface area contributed by atoms with Crippen molar-refractivity contribution >= 4 is 17.9 Å². The number of aliphatic hydroxyl groups is 2. The Hall–Kier alpha value is -2.45. The lowest BCUT2D eigenvalue weighted by atomic mass is 10.1. The molecule has 0 saturated carbocycles. The number of carbonyl (C=O) groups excluding carboxylic acids is 3. The molecule has 0 aromatic carbocycles. The summed E-state index contributed by atoms with van der Waals surface area (Å²) in [6, 6.07) is 0. The molecule has 0 fully saturated rings. The van der Waals surface area contributed by atoms with Crippen LogP contribution < -0.4 is 0 Å². The van der Waals surface area contributed by atoms with Crippen LogP contribution in [-0.2, 0) is 28.6 Å². The van der Waals surface area contributed by atoms with Gasteiger partial charge < -0.3 is 24.4 Å². The maximum Gasteiger partial charge on any atom is 0.398 e. The smallest absolute Gasteiger partial charge is 0.398 e. The maximum absolute atomic E-state index is 12.1. The highest BCUT2D eigenvalue weighted by Gasteiger charge is 2.36. The molecule has 0 amide bonds. The number of aliphatic hydroxyl groups excluding tert-OH is 1. The molecule has 0 aromatic rings. The highest BCUT2D eigenvalue weighted by atomic mass is 16.8. The third-order valence-corrected chi connectivity index (χ3v) is 5.05. The predicted molar refractivity (Wildman–Crippen MR) is 129 cm³/mol. The summed E-state index contributed by atoms with van der Waals surface area (Å²) >= 11 is 0. The Balaban J connectivity index is 4.34. The fourth-order valence-corrected chi connectivity index (χ4v) is 2.86. The Morgan fingerprint density at radius 2 is 1.29 bits per heavy atom. The van der Waals surface area contributed by atoms with E-state index < -0.39 is 30.5 Å². The van der Waals surface area contributed by atoms with Gasteiger partial charge in [-0.1, -0.05) is 77.4 Å². The zero-order chi connectivity index (χ0) is 26.0. The molecule has 8 nitrogen and oxygen atoms in total. The lowest BCUT2D eigenvalue weighted by Crippen LogP contribution is -2.43. The molecule has 0 saturated heterocycles. The van der Waals surface area contributed by atoms with Crippen LogP contribution >= 0.6 is 0 Å². The van der Waals surface area contributed by atoms with Gasteiger partial charge in [0.1, 0.15) is 12.9 Å². The van der Waals surface area contributed by atoms with Crippen molar-refractivity contribution in [3.05, 3.63) is 35.6 Å². The molecule has 0 spiro atoms. The van der Waals surface area contributed by atoms with E-state index >= 15 is 0 Å². The van der Waals surface area contributed by atoms with E-state index in [1.54, 1.807) is 13.0 Å². The first-order valence-corrected chi connectivity index (χ1v) is 12.1. The van der Waals surface area contributed by atoms with Crippen molar-refractivity contribution in [2.45, 2.75) is 104 Å². The van der Waals surface area contributed by atoms with E-state index in [9.17, 15) is 24.6 Å². The Bertz CT molecular complexity index is 722. The average Bonchev–Trinajstić information content (AvgIpc) is 2.80. The molecule has 1 unspecified atom stereocenters. The van der Waals surface area contributed by atoms with E-state index in [4.69, 9.17) is 4.74 Å². The van der Waals surface area contributed by atoms with E-state index in [0.717, 1.165) is 25.5 Å². The van der Waals surface area contributed by atoms with Crippen molar-refractivity contribution in [2.75, 3.05) is 6.61 Å².